The highest BCUT2D eigenvalue weighted by atomic mass is 19.2. The molecule has 1 amide bonds. The van der Waals surface area contributed by atoms with E-state index in [0.717, 1.165) is 0 Å². The minimum absolute atomic E-state index is 0.253. The highest BCUT2D eigenvalue weighted by Gasteiger charge is 2.19. The standard InChI is InChI=1S/C12H15F3N2O/c1-12(2,5-16)6-17-11(18)7-3-8(13)10(15)9(14)4-7/h3-4H,5-6,16H2,1-2H3,(H,17,18). The number of carbonyl (C=O) groups is 1. The SMILES string of the molecule is CC(C)(CN)CNC(=O)c1cc(F)c(F)c(F)c1. The van der Waals surface area contributed by atoms with Crippen molar-refractivity contribution in [1.29, 1.82) is 0 Å². The van der Waals surface area contributed by atoms with Gasteiger partial charge in [0, 0.05) is 12.1 Å². The summed E-state index contributed by atoms with van der Waals surface area (Å²) in [6.07, 6.45) is 0. The van der Waals surface area contributed by atoms with Crippen LogP contribution in [0.4, 0.5) is 13.2 Å². The highest BCUT2D eigenvalue weighted by Crippen LogP contribution is 2.14. The molecule has 3 nitrogen and oxygen atoms in total. The first-order valence-electron chi connectivity index (χ1n) is 5.39. The zero-order chi connectivity index (χ0) is 13.9. The van der Waals surface area contributed by atoms with Gasteiger partial charge in [-0.1, -0.05) is 13.8 Å². The first-order valence-corrected chi connectivity index (χ1v) is 5.39. The molecule has 0 saturated carbocycles. The van der Waals surface area contributed by atoms with Crippen LogP contribution in [0.2, 0.25) is 0 Å². The minimum atomic E-state index is -1.59. The second-order valence-corrected chi connectivity index (χ2v) is 4.80. The Morgan fingerprint density at radius 1 is 1.28 bits per heavy atom. The van der Waals surface area contributed by atoms with E-state index in [1.807, 2.05) is 13.8 Å². The van der Waals surface area contributed by atoms with Gasteiger partial charge in [0.25, 0.3) is 5.91 Å². The Balaban J connectivity index is 2.80. The van der Waals surface area contributed by atoms with Crippen molar-refractivity contribution in [1.82, 2.24) is 5.32 Å². The van der Waals surface area contributed by atoms with E-state index in [2.05, 4.69) is 5.32 Å². The van der Waals surface area contributed by atoms with Gasteiger partial charge in [-0.15, -0.1) is 0 Å². The van der Waals surface area contributed by atoms with Crippen molar-refractivity contribution in [2.75, 3.05) is 13.1 Å². The molecule has 0 heterocycles. The first-order chi connectivity index (χ1) is 8.26. The zero-order valence-electron chi connectivity index (χ0n) is 10.2. The van der Waals surface area contributed by atoms with Gasteiger partial charge in [-0.2, -0.15) is 0 Å². The summed E-state index contributed by atoms with van der Waals surface area (Å²) in [5, 5.41) is 2.49. The predicted molar refractivity (Wildman–Crippen MR) is 61.5 cm³/mol. The van der Waals surface area contributed by atoms with Gasteiger partial charge in [0.05, 0.1) is 0 Å². The third-order valence-corrected chi connectivity index (χ3v) is 2.53. The number of carbonyl (C=O) groups excluding carboxylic acids is 1. The van der Waals surface area contributed by atoms with Crippen molar-refractivity contribution < 1.29 is 18.0 Å². The van der Waals surface area contributed by atoms with Crippen LogP contribution in [0.5, 0.6) is 0 Å². The van der Waals surface area contributed by atoms with Crippen LogP contribution in [0.1, 0.15) is 24.2 Å². The molecule has 0 fully saturated rings. The van der Waals surface area contributed by atoms with Crippen molar-refractivity contribution in [3.05, 3.63) is 35.1 Å². The van der Waals surface area contributed by atoms with Gasteiger partial charge >= 0.3 is 0 Å². The Morgan fingerprint density at radius 3 is 2.22 bits per heavy atom. The number of rotatable bonds is 4. The molecule has 0 aromatic heterocycles. The van der Waals surface area contributed by atoms with Gasteiger partial charge in [-0.3, -0.25) is 4.79 Å². The molecule has 100 valence electrons. The van der Waals surface area contributed by atoms with Gasteiger partial charge in [0.15, 0.2) is 17.5 Å². The van der Waals surface area contributed by atoms with Crippen LogP contribution < -0.4 is 11.1 Å². The quantitative estimate of drug-likeness (QED) is 0.811. The molecule has 1 rings (SSSR count). The second kappa shape index (κ2) is 5.39. The molecule has 6 heteroatoms. The first kappa shape index (κ1) is 14.5. The minimum Gasteiger partial charge on any atom is -0.351 e. The Morgan fingerprint density at radius 2 is 1.78 bits per heavy atom. The Hall–Kier alpha value is -1.56. The lowest BCUT2D eigenvalue weighted by molar-refractivity contribution is 0.0936. The van der Waals surface area contributed by atoms with E-state index in [1.165, 1.54) is 0 Å². The number of nitrogens with two attached hydrogens (primary N) is 1. The lowest BCUT2D eigenvalue weighted by atomic mass is 9.94. The Bertz CT molecular complexity index is 438. The van der Waals surface area contributed by atoms with Crippen molar-refractivity contribution in [3.8, 4) is 0 Å². The molecule has 0 unspecified atom stereocenters. The van der Waals surface area contributed by atoms with Crippen LogP contribution in [0.15, 0.2) is 12.1 Å². The van der Waals surface area contributed by atoms with Crippen molar-refractivity contribution >= 4 is 5.91 Å². The van der Waals surface area contributed by atoms with Gasteiger partial charge < -0.3 is 11.1 Å². The molecule has 1 aromatic carbocycles. The van der Waals surface area contributed by atoms with Crippen molar-refractivity contribution in [2.45, 2.75) is 13.8 Å². The van der Waals surface area contributed by atoms with E-state index in [9.17, 15) is 18.0 Å². The van der Waals surface area contributed by atoms with Crippen molar-refractivity contribution in [2.24, 2.45) is 11.1 Å². The fraction of sp³-hybridized carbons (Fsp3) is 0.417. The summed E-state index contributed by atoms with van der Waals surface area (Å²) in [5.74, 6) is -5.04. The van der Waals surface area contributed by atoms with Gasteiger partial charge in [-0.25, -0.2) is 13.2 Å². The summed E-state index contributed by atoms with van der Waals surface area (Å²) in [5.41, 5.74) is 4.89. The molecule has 0 aliphatic rings. The van der Waals surface area contributed by atoms with E-state index in [4.69, 9.17) is 5.73 Å². The molecule has 18 heavy (non-hydrogen) atoms. The number of hydrogen-bond acceptors (Lipinski definition) is 2. The van der Waals surface area contributed by atoms with E-state index < -0.39 is 23.4 Å². The van der Waals surface area contributed by atoms with Crippen LogP contribution in [-0.2, 0) is 0 Å². The third-order valence-electron chi connectivity index (χ3n) is 2.53. The maximum Gasteiger partial charge on any atom is 0.251 e. The molecule has 0 saturated heterocycles. The van der Waals surface area contributed by atoms with Crippen LogP contribution in [0.25, 0.3) is 0 Å². The molecule has 0 atom stereocenters. The fourth-order valence-corrected chi connectivity index (χ4v) is 1.18. The topological polar surface area (TPSA) is 55.1 Å². The predicted octanol–water partition coefficient (Wildman–Crippen LogP) is 1.82. The molecular formula is C12H15F3N2O. The number of benzene rings is 1. The van der Waals surface area contributed by atoms with Gasteiger partial charge in [-0.05, 0) is 24.1 Å². The average Bonchev–Trinajstić information content (AvgIpc) is 2.32. The summed E-state index contributed by atoms with van der Waals surface area (Å²) in [6.45, 7) is 4.26. The summed E-state index contributed by atoms with van der Waals surface area (Å²) in [6, 6.07) is 1.31. The second-order valence-electron chi connectivity index (χ2n) is 4.80. The fourth-order valence-electron chi connectivity index (χ4n) is 1.18. The Kier molecular flexibility index (Phi) is 4.34. The molecule has 0 spiro atoms. The maximum absolute atomic E-state index is 12.9. The number of nitrogens with one attached hydrogen (secondary N) is 1. The molecular weight excluding hydrogens is 245 g/mol. The summed E-state index contributed by atoms with van der Waals surface area (Å²) < 4.78 is 38.6. The van der Waals surface area contributed by atoms with Crippen LogP contribution >= 0.6 is 0 Å². The summed E-state index contributed by atoms with van der Waals surface area (Å²) >= 11 is 0. The largest absolute Gasteiger partial charge is 0.351 e. The van der Waals surface area contributed by atoms with Gasteiger partial charge in [0.2, 0.25) is 0 Å². The summed E-state index contributed by atoms with van der Waals surface area (Å²) in [4.78, 5) is 11.6. The number of hydrogen-bond donors (Lipinski definition) is 2. The average molecular weight is 260 g/mol. The van der Waals surface area contributed by atoms with E-state index >= 15 is 0 Å². The van der Waals surface area contributed by atoms with E-state index in [-0.39, 0.29) is 17.5 Å². The van der Waals surface area contributed by atoms with E-state index in [0.29, 0.717) is 18.7 Å². The summed E-state index contributed by atoms with van der Waals surface area (Å²) in [7, 11) is 0. The van der Waals surface area contributed by atoms with E-state index in [1.54, 1.807) is 0 Å². The van der Waals surface area contributed by atoms with Crippen LogP contribution in [0.3, 0.4) is 0 Å². The zero-order valence-corrected chi connectivity index (χ0v) is 10.2. The lowest BCUT2D eigenvalue weighted by Crippen LogP contribution is -2.38. The number of halogens is 3. The highest BCUT2D eigenvalue weighted by molar-refractivity contribution is 5.94. The normalized spacial score (nSPS) is 11.4. The van der Waals surface area contributed by atoms with Gasteiger partial charge in [0.1, 0.15) is 0 Å². The molecule has 3 N–H and O–H groups in total. The molecule has 1 aromatic rings. The number of amides is 1. The lowest BCUT2D eigenvalue weighted by Gasteiger charge is -2.22. The third kappa shape index (κ3) is 3.46. The molecule has 0 aliphatic heterocycles. The van der Waals surface area contributed by atoms with Crippen LogP contribution in [-0.4, -0.2) is 19.0 Å². The molecule has 0 aliphatic carbocycles. The molecule has 0 radical (unpaired) electrons. The smallest absolute Gasteiger partial charge is 0.251 e. The maximum atomic E-state index is 12.9. The van der Waals surface area contributed by atoms with Crippen LogP contribution in [0, 0.1) is 22.9 Å². The Labute approximate surface area is 103 Å². The molecule has 0 bridgehead atoms. The van der Waals surface area contributed by atoms with Crippen molar-refractivity contribution in [3.63, 3.8) is 0 Å². The monoisotopic (exact) mass is 260 g/mol.